The summed E-state index contributed by atoms with van der Waals surface area (Å²) >= 11 is 0. The molecule has 0 heterocycles. The van der Waals surface area contributed by atoms with Gasteiger partial charge in [-0.05, 0) is 29.8 Å². The minimum Gasteiger partial charge on any atom is -0.455 e. The van der Waals surface area contributed by atoms with Crippen LogP contribution in [0.5, 0.6) is 11.5 Å². The van der Waals surface area contributed by atoms with Gasteiger partial charge in [0, 0.05) is 7.11 Å². The highest BCUT2D eigenvalue weighted by Crippen LogP contribution is 2.29. The van der Waals surface area contributed by atoms with Gasteiger partial charge in [-0.3, -0.25) is 0 Å². The lowest BCUT2D eigenvalue weighted by Crippen LogP contribution is -1.96. The van der Waals surface area contributed by atoms with E-state index in [0.717, 1.165) is 5.56 Å². The Morgan fingerprint density at radius 2 is 1.94 bits per heavy atom. The lowest BCUT2D eigenvalue weighted by molar-refractivity contribution is 0.184. The molecule has 0 spiro atoms. The van der Waals surface area contributed by atoms with Gasteiger partial charge < -0.3 is 15.2 Å². The van der Waals surface area contributed by atoms with Crippen molar-refractivity contribution >= 4 is 5.69 Å². The maximum absolute atomic E-state index is 13.3. The smallest absolute Gasteiger partial charge is 0.153 e. The average Bonchev–Trinajstić information content (AvgIpc) is 2.36. The van der Waals surface area contributed by atoms with E-state index in [1.54, 1.807) is 25.3 Å². The summed E-state index contributed by atoms with van der Waals surface area (Å²) in [7, 11) is 1.62. The quantitative estimate of drug-likeness (QED) is 0.843. The highest BCUT2D eigenvalue weighted by atomic mass is 19.1. The monoisotopic (exact) mass is 247 g/mol. The lowest BCUT2D eigenvalue weighted by atomic mass is 10.2. The van der Waals surface area contributed by atoms with Crippen molar-refractivity contribution < 1.29 is 13.9 Å². The van der Waals surface area contributed by atoms with Crippen molar-refractivity contribution in [2.75, 3.05) is 12.8 Å². The van der Waals surface area contributed by atoms with Gasteiger partial charge in [0.05, 0.1) is 6.61 Å². The van der Waals surface area contributed by atoms with Crippen molar-refractivity contribution in [1.82, 2.24) is 0 Å². The fourth-order valence-corrected chi connectivity index (χ4v) is 1.60. The Kier molecular flexibility index (Phi) is 3.79. The molecule has 0 fully saturated rings. The van der Waals surface area contributed by atoms with Crippen molar-refractivity contribution in [3.05, 3.63) is 53.8 Å². The molecule has 0 amide bonds. The van der Waals surface area contributed by atoms with E-state index in [1.165, 1.54) is 6.07 Å². The highest BCUT2D eigenvalue weighted by molar-refractivity contribution is 5.54. The van der Waals surface area contributed by atoms with Crippen LogP contribution < -0.4 is 10.5 Å². The van der Waals surface area contributed by atoms with Crippen molar-refractivity contribution in [3.8, 4) is 11.5 Å². The predicted octanol–water partition coefficient (Wildman–Crippen LogP) is 3.35. The molecule has 2 aromatic rings. The second kappa shape index (κ2) is 5.51. The van der Waals surface area contributed by atoms with E-state index < -0.39 is 5.82 Å². The number of para-hydroxylation sites is 1. The van der Waals surface area contributed by atoms with Gasteiger partial charge >= 0.3 is 0 Å². The molecule has 2 aromatic carbocycles. The zero-order valence-corrected chi connectivity index (χ0v) is 10.0. The van der Waals surface area contributed by atoms with Crippen LogP contribution in [-0.2, 0) is 11.3 Å². The van der Waals surface area contributed by atoms with Gasteiger partial charge in [-0.15, -0.1) is 0 Å². The number of rotatable bonds is 4. The van der Waals surface area contributed by atoms with Crippen LogP contribution in [0.15, 0.2) is 42.5 Å². The molecule has 0 saturated heterocycles. The molecule has 3 nitrogen and oxygen atoms in total. The zero-order chi connectivity index (χ0) is 13.0. The van der Waals surface area contributed by atoms with E-state index >= 15 is 0 Å². The molecular formula is C14H14FNO2. The number of hydrogen-bond acceptors (Lipinski definition) is 3. The summed E-state index contributed by atoms with van der Waals surface area (Å²) in [6.07, 6.45) is 0. The van der Waals surface area contributed by atoms with Crippen LogP contribution in [0.3, 0.4) is 0 Å². The van der Waals surface area contributed by atoms with Crippen molar-refractivity contribution in [3.63, 3.8) is 0 Å². The van der Waals surface area contributed by atoms with Crippen LogP contribution in [0.2, 0.25) is 0 Å². The number of methoxy groups -OCH3 is 1. The number of benzene rings is 2. The topological polar surface area (TPSA) is 44.5 Å². The summed E-state index contributed by atoms with van der Waals surface area (Å²) in [4.78, 5) is 0. The van der Waals surface area contributed by atoms with Gasteiger partial charge in [0.25, 0.3) is 0 Å². The first-order valence-corrected chi connectivity index (χ1v) is 5.50. The maximum Gasteiger partial charge on any atom is 0.153 e. The zero-order valence-electron chi connectivity index (χ0n) is 10.0. The Labute approximate surface area is 105 Å². The second-order valence-corrected chi connectivity index (χ2v) is 3.83. The Morgan fingerprint density at radius 3 is 2.72 bits per heavy atom. The number of nitrogen functional groups attached to an aromatic ring is 1. The SMILES string of the molecule is COCc1cccc(Oc2cccc(F)c2N)c1. The molecule has 0 aromatic heterocycles. The van der Waals surface area contributed by atoms with E-state index in [2.05, 4.69) is 0 Å². The molecule has 0 aliphatic heterocycles. The summed E-state index contributed by atoms with van der Waals surface area (Å²) in [5, 5.41) is 0. The van der Waals surface area contributed by atoms with Crippen LogP contribution in [0.25, 0.3) is 0 Å². The summed E-state index contributed by atoms with van der Waals surface area (Å²) in [6.45, 7) is 0.496. The molecule has 0 unspecified atom stereocenters. The molecule has 18 heavy (non-hydrogen) atoms. The van der Waals surface area contributed by atoms with Gasteiger partial charge in [-0.2, -0.15) is 0 Å². The Hall–Kier alpha value is -2.07. The third kappa shape index (κ3) is 2.78. The Balaban J connectivity index is 2.23. The van der Waals surface area contributed by atoms with Crippen molar-refractivity contribution in [2.24, 2.45) is 0 Å². The first kappa shape index (κ1) is 12.4. The van der Waals surface area contributed by atoms with Gasteiger partial charge in [-0.25, -0.2) is 4.39 Å². The minimum absolute atomic E-state index is 0.00893. The van der Waals surface area contributed by atoms with Crippen molar-refractivity contribution in [1.29, 1.82) is 0 Å². The van der Waals surface area contributed by atoms with Crippen LogP contribution in [0, 0.1) is 5.82 Å². The third-order valence-corrected chi connectivity index (χ3v) is 2.45. The van der Waals surface area contributed by atoms with E-state index in [-0.39, 0.29) is 5.69 Å². The largest absolute Gasteiger partial charge is 0.455 e. The molecule has 94 valence electrons. The highest BCUT2D eigenvalue weighted by Gasteiger charge is 2.06. The number of anilines is 1. The first-order chi connectivity index (χ1) is 8.70. The van der Waals surface area contributed by atoms with E-state index in [0.29, 0.717) is 18.1 Å². The van der Waals surface area contributed by atoms with Crippen LogP contribution in [0.1, 0.15) is 5.56 Å². The normalized spacial score (nSPS) is 10.3. The number of ether oxygens (including phenoxy) is 2. The van der Waals surface area contributed by atoms with Crippen LogP contribution >= 0.6 is 0 Å². The van der Waals surface area contributed by atoms with Gasteiger partial charge in [-0.1, -0.05) is 18.2 Å². The molecule has 0 bridgehead atoms. The number of nitrogens with two attached hydrogens (primary N) is 1. The molecule has 0 atom stereocenters. The van der Waals surface area contributed by atoms with Crippen molar-refractivity contribution in [2.45, 2.75) is 6.61 Å². The minimum atomic E-state index is -0.486. The summed E-state index contributed by atoms with van der Waals surface area (Å²) < 4.78 is 23.8. The van der Waals surface area contributed by atoms with Crippen LogP contribution in [-0.4, -0.2) is 7.11 Å². The fraction of sp³-hybridized carbons (Fsp3) is 0.143. The summed E-state index contributed by atoms with van der Waals surface area (Å²) in [6, 6.07) is 11.9. The molecule has 2 rings (SSSR count). The lowest BCUT2D eigenvalue weighted by Gasteiger charge is -2.09. The van der Waals surface area contributed by atoms with Gasteiger partial charge in [0.1, 0.15) is 17.3 Å². The van der Waals surface area contributed by atoms with Gasteiger partial charge in [0.2, 0.25) is 0 Å². The van der Waals surface area contributed by atoms with E-state index in [1.807, 2.05) is 18.2 Å². The summed E-state index contributed by atoms with van der Waals surface area (Å²) in [5.41, 5.74) is 6.59. The van der Waals surface area contributed by atoms with Gasteiger partial charge in [0.15, 0.2) is 5.75 Å². The number of halogens is 1. The van der Waals surface area contributed by atoms with E-state index in [9.17, 15) is 4.39 Å². The number of hydrogen-bond donors (Lipinski definition) is 1. The third-order valence-electron chi connectivity index (χ3n) is 2.45. The standard InChI is InChI=1S/C14H14FNO2/c1-17-9-10-4-2-5-11(8-10)18-13-7-3-6-12(15)14(13)16/h2-8H,9,16H2,1H3. The molecule has 2 N–H and O–H groups in total. The predicted molar refractivity (Wildman–Crippen MR) is 68.0 cm³/mol. The Bertz CT molecular complexity index is 543. The molecule has 4 heteroatoms. The average molecular weight is 247 g/mol. The molecular weight excluding hydrogens is 233 g/mol. The molecule has 0 saturated carbocycles. The maximum atomic E-state index is 13.3. The summed E-state index contributed by atoms with van der Waals surface area (Å²) in [5.74, 6) is 0.423. The Morgan fingerprint density at radius 1 is 1.17 bits per heavy atom. The fourth-order valence-electron chi connectivity index (χ4n) is 1.60. The molecule has 0 aliphatic rings. The molecule has 0 aliphatic carbocycles. The molecule has 0 radical (unpaired) electrons. The second-order valence-electron chi connectivity index (χ2n) is 3.83. The van der Waals surface area contributed by atoms with Crippen LogP contribution in [0.4, 0.5) is 10.1 Å². The van der Waals surface area contributed by atoms with E-state index in [4.69, 9.17) is 15.2 Å². The first-order valence-electron chi connectivity index (χ1n) is 5.50.